The lowest BCUT2D eigenvalue weighted by Crippen LogP contribution is -2.34. The normalized spacial score (nSPS) is 10.5. The van der Waals surface area contributed by atoms with Gasteiger partial charge in [0, 0.05) is 0 Å². The smallest absolute Gasteiger partial charge is 0.233 e. The third kappa shape index (κ3) is 2.79. The summed E-state index contributed by atoms with van der Waals surface area (Å²) in [6, 6.07) is 0. The predicted molar refractivity (Wildman–Crippen MR) is 44.6 cm³/mol. The van der Waals surface area contributed by atoms with Gasteiger partial charge in [-0.2, -0.15) is 0 Å². The first-order chi connectivity index (χ1) is 4.50. The minimum Gasteiger partial charge on any atom is -0.368 e. The highest BCUT2D eigenvalue weighted by molar-refractivity contribution is 8.01. The Morgan fingerprint density at radius 3 is 2.60 bits per heavy atom. The molecule has 0 saturated carbocycles. The Morgan fingerprint density at radius 2 is 2.30 bits per heavy atom. The fourth-order valence-electron chi connectivity index (χ4n) is 0.293. The minimum atomic E-state index is -0.535. The van der Waals surface area contributed by atoms with Crippen molar-refractivity contribution in [3.8, 4) is 12.3 Å². The maximum atomic E-state index is 10.7. The number of hydrogen-bond acceptors (Lipinski definition) is 2. The van der Waals surface area contributed by atoms with Crippen LogP contribution in [0.25, 0.3) is 0 Å². The second-order valence-electron chi connectivity index (χ2n) is 2.37. The van der Waals surface area contributed by atoms with E-state index in [0.717, 1.165) is 0 Å². The van der Waals surface area contributed by atoms with E-state index in [1.807, 2.05) is 0 Å². The number of rotatable bonds is 3. The summed E-state index contributed by atoms with van der Waals surface area (Å²) in [5.74, 6) is 2.63. The molecule has 0 aromatic heterocycles. The van der Waals surface area contributed by atoms with E-state index in [4.69, 9.17) is 12.2 Å². The van der Waals surface area contributed by atoms with E-state index in [1.54, 1.807) is 13.8 Å². The van der Waals surface area contributed by atoms with Gasteiger partial charge in [0.05, 0.1) is 10.5 Å². The molecule has 10 heavy (non-hydrogen) atoms. The molecule has 0 atom stereocenters. The van der Waals surface area contributed by atoms with E-state index in [9.17, 15) is 4.79 Å². The minimum absolute atomic E-state index is 0.326. The lowest BCUT2D eigenvalue weighted by molar-refractivity contribution is -0.119. The first-order valence-corrected chi connectivity index (χ1v) is 3.86. The third-order valence-electron chi connectivity index (χ3n) is 1.11. The van der Waals surface area contributed by atoms with Crippen LogP contribution in [0.4, 0.5) is 0 Å². The number of hydrogen-bond donors (Lipinski definition) is 1. The van der Waals surface area contributed by atoms with Gasteiger partial charge in [0.15, 0.2) is 0 Å². The van der Waals surface area contributed by atoms with Gasteiger partial charge >= 0.3 is 0 Å². The number of thioether (sulfide) groups is 1. The van der Waals surface area contributed by atoms with Gasteiger partial charge in [-0.3, -0.25) is 4.79 Å². The van der Waals surface area contributed by atoms with Gasteiger partial charge in [-0.25, -0.2) is 0 Å². The standard InChI is InChI=1S/C7H11NOS/c1-4-5-10-7(2,3)6(8)9/h1H,5H2,2-3H3,(H2,8,9). The van der Waals surface area contributed by atoms with Crippen molar-refractivity contribution < 1.29 is 4.79 Å². The first-order valence-electron chi connectivity index (χ1n) is 2.88. The molecule has 0 fully saturated rings. The summed E-state index contributed by atoms with van der Waals surface area (Å²) in [7, 11) is 0. The van der Waals surface area contributed by atoms with Gasteiger partial charge in [0.25, 0.3) is 0 Å². The highest BCUT2D eigenvalue weighted by Crippen LogP contribution is 2.22. The van der Waals surface area contributed by atoms with Crippen LogP contribution < -0.4 is 5.73 Å². The molecule has 2 nitrogen and oxygen atoms in total. The van der Waals surface area contributed by atoms with Crippen LogP contribution in [0.2, 0.25) is 0 Å². The third-order valence-corrected chi connectivity index (χ3v) is 2.34. The highest BCUT2D eigenvalue weighted by Gasteiger charge is 2.24. The molecule has 0 aliphatic carbocycles. The van der Waals surface area contributed by atoms with Gasteiger partial charge in [0.1, 0.15) is 0 Å². The van der Waals surface area contributed by atoms with E-state index in [0.29, 0.717) is 5.75 Å². The van der Waals surface area contributed by atoms with Crippen LogP contribution in [0.3, 0.4) is 0 Å². The average molecular weight is 157 g/mol. The number of carbonyl (C=O) groups is 1. The number of carbonyl (C=O) groups excluding carboxylic acids is 1. The summed E-state index contributed by atoms with van der Waals surface area (Å²) in [5, 5.41) is 0. The molecule has 0 aromatic carbocycles. The van der Waals surface area contributed by atoms with Crippen molar-refractivity contribution in [1.82, 2.24) is 0 Å². The summed E-state index contributed by atoms with van der Waals surface area (Å²) >= 11 is 1.38. The molecule has 0 rings (SSSR count). The zero-order valence-electron chi connectivity index (χ0n) is 6.18. The lowest BCUT2D eigenvalue weighted by atomic mass is 10.2. The summed E-state index contributed by atoms with van der Waals surface area (Å²) in [6.07, 6.45) is 5.01. The monoisotopic (exact) mass is 157 g/mol. The Balaban J connectivity index is 3.90. The van der Waals surface area contributed by atoms with Gasteiger partial charge in [-0.1, -0.05) is 5.92 Å². The topological polar surface area (TPSA) is 43.1 Å². The second kappa shape index (κ2) is 3.52. The van der Waals surface area contributed by atoms with Crippen LogP contribution in [0.15, 0.2) is 0 Å². The average Bonchev–Trinajstić information content (AvgIpc) is 1.84. The number of primary amides is 1. The molecule has 0 radical (unpaired) electrons. The Morgan fingerprint density at radius 1 is 1.80 bits per heavy atom. The van der Waals surface area contributed by atoms with Crippen LogP contribution >= 0.6 is 11.8 Å². The molecule has 0 aromatic rings. The Labute approximate surface area is 65.6 Å². The van der Waals surface area contributed by atoms with Crippen molar-refractivity contribution >= 4 is 17.7 Å². The molecule has 0 spiro atoms. The van der Waals surface area contributed by atoms with Crippen LogP contribution in [0.1, 0.15) is 13.8 Å². The Hall–Kier alpha value is -0.620. The molecular weight excluding hydrogens is 146 g/mol. The van der Waals surface area contributed by atoms with Gasteiger partial charge < -0.3 is 5.73 Å². The van der Waals surface area contributed by atoms with E-state index in [1.165, 1.54) is 11.8 Å². The largest absolute Gasteiger partial charge is 0.368 e. The zero-order valence-corrected chi connectivity index (χ0v) is 6.99. The molecule has 0 bridgehead atoms. The van der Waals surface area contributed by atoms with E-state index < -0.39 is 4.75 Å². The van der Waals surface area contributed by atoms with Crippen molar-refractivity contribution in [2.24, 2.45) is 5.73 Å². The van der Waals surface area contributed by atoms with Crippen molar-refractivity contribution in [3.63, 3.8) is 0 Å². The van der Waals surface area contributed by atoms with Crippen molar-refractivity contribution in [2.75, 3.05) is 5.75 Å². The number of nitrogens with two attached hydrogens (primary N) is 1. The summed E-state index contributed by atoms with van der Waals surface area (Å²) in [4.78, 5) is 10.7. The first kappa shape index (κ1) is 9.38. The summed E-state index contributed by atoms with van der Waals surface area (Å²) in [5.41, 5.74) is 5.08. The van der Waals surface area contributed by atoms with Crippen molar-refractivity contribution in [2.45, 2.75) is 18.6 Å². The van der Waals surface area contributed by atoms with E-state index >= 15 is 0 Å². The van der Waals surface area contributed by atoms with Gasteiger partial charge in [-0.05, 0) is 13.8 Å². The molecule has 56 valence electrons. The Bertz CT molecular complexity index is 169. The van der Waals surface area contributed by atoms with Crippen LogP contribution in [0, 0.1) is 12.3 Å². The fourth-order valence-corrected chi connectivity index (χ4v) is 0.880. The maximum absolute atomic E-state index is 10.7. The number of terminal acetylenes is 1. The molecule has 0 aliphatic heterocycles. The van der Waals surface area contributed by atoms with Crippen molar-refractivity contribution in [1.29, 1.82) is 0 Å². The molecule has 1 amide bonds. The highest BCUT2D eigenvalue weighted by atomic mass is 32.2. The van der Waals surface area contributed by atoms with E-state index in [2.05, 4.69) is 5.92 Å². The van der Waals surface area contributed by atoms with Crippen LogP contribution in [0.5, 0.6) is 0 Å². The Kier molecular flexibility index (Phi) is 3.31. The summed E-state index contributed by atoms with van der Waals surface area (Å²) in [6.45, 7) is 3.52. The molecule has 0 saturated heterocycles. The molecule has 0 unspecified atom stereocenters. The maximum Gasteiger partial charge on any atom is 0.233 e. The second-order valence-corrected chi connectivity index (χ2v) is 3.97. The van der Waals surface area contributed by atoms with Crippen molar-refractivity contribution in [3.05, 3.63) is 0 Å². The summed E-state index contributed by atoms with van der Waals surface area (Å²) < 4.78 is -0.535. The number of amides is 1. The molecule has 0 heterocycles. The molecular formula is C7H11NOS. The zero-order chi connectivity index (χ0) is 8.20. The molecule has 2 N–H and O–H groups in total. The molecule has 3 heteroatoms. The van der Waals surface area contributed by atoms with Crippen LogP contribution in [-0.2, 0) is 4.79 Å². The van der Waals surface area contributed by atoms with Gasteiger partial charge in [0.2, 0.25) is 5.91 Å². The predicted octanol–water partition coefficient (Wildman–Crippen LogP) is 0.617. The fraction of sp³-hybridized carbons (Fsp3) is 0.571. The van der Waals surface area contributed by atoms with E-state index in [-0.39, 0.29) is 5.91 Å². The molecule has 0 aliphatic rings. The van der Waals surface area contributed by atoms with Crippen LogP contribution in [-0.4, -0.2) is 16.4 Å². The SMILES string of the molecule is C#CCSC(C)(C)C(N)=O. The van der Waals surface area contributed by atoms with Gasteiger partial charge in [-0.15, -0.1) is 18.2 Å². The lowest BCUT2D eigenvalue weighted by Gasteiger charge is -2.17. The quantitative estimate of drug-likeness (QED) is 0.610.